The van der Waals surface area contributed by atoms with Crippen LogP contribution in [0.4, 0.5) is 4.39 Å². The maximum Gasteiger partial charge on any atom is 0.225 e. The van der Waals surface area contributed by atoms with Gasteiger partial charge in [0.05, 0.1) is 0 Å². The summed E-state index contributed by atoms with van der Waals surface area (Å²) in [4.78, 5) is 24.0. The lowest BCUT2D eigenvalue weighted by atomic mass is 9.93. The molecule has 0 saturated carbocycles. The Kier molecular flexibility index (Phi) is 7.35. The average molecular weight is 489 g/mol. The summed E-state index contributed by atoms with van der Waals surface area (Å²) in [5, 5.41) is 0. The van der Waals surface area contributed by atoms with Crippen LogP contribution in [0.3, 0.4) is 0 Å². The summed E-state index contributed by atoms with van der Waals surface area (Å²) in [6, 6.07) is 9.35. The van der Waals surface area contributed by atoms with Gasteiger partial charge in [-0.15, -0.1) is 0 Å². The molecule has 1 unspecified atom stereocenters. The van der Waals surface area contributed by atoms with Crippen molar-refractivity contribution in [3.63, 3.8) is 0 Å². The summed E-state index contributed by atoms with van der Waals surface area (Å²) in [7, 11) is 0. The molecule has 2 aliphatic heterocycles. The lowest BCUT2D eigenvalue weighted by Crippen LogP contribution is -2.51. The summed E-state index contributed by atoms with van der Waals surface area (Å²) in [6.45, 7) is 8.17. The largest absolute Gasteiger partial charge is 0.340 e. The van der Waals surface area contributed by atoms with Gasteiger partial charge in [0.25, 0.3) is 0 Å². The fraction of sp³-hybridized carbons (Fsp3) is 0.500. The molecule has 0 aliphatic carbocycles. The van der Waals surface area contributed by atoms with Gasteiger partial charge in [-0.25, -0.2) is 4.39 Å². The normalized spacial score (nSPS) is 20.0. The average Bonchev–Trinajstić information content (AvgIpc) is 2.81. The van der Waals surface area contributed by atoms with Crippen molar-refractivity contribution in [1.82, 2.24) is 19.7 Å². The molecule has 1 aromatic heterocycles. The molecule has 0 spiro atoms. The molecule has 2 fully saturated rings. The lowest BCUT2D eigenvalue weighted by Gasteiger charge is -2.40. The molecular formula is C24H30BrFN4O. The first-order valence-electron chi connectivity index (χ1n) is 11.1. The number of pyridine rings is 1. The van der Waals surface area contributed by atoms with Crippen molar-refractivity contribution in [3.8, 4) is 0 Å². The molecule has 2 saturated heterocycles. The van der Waals surface area contributed by atoms with Gasteiger partial charge >= 0.3 is 0 Å². The second-order valence-corrected chi connectivity index (χ2v) is 9.46. The number of piperidine rings is 1. The van der Waals surface area contributed by atoms with E-state index in [1.165, 1.54) is 17.7 Å². The van der Waals surface area contributed by atoms with Gasteiger partial charge in [-0.05, 0) is 68.2 Å². The molecule has 2 aliphatic rings. The molecule has 3 heterocycles. The topological polar surface area (TPSA) is 39.7 Å². The van der Waals surface area contributed by atoms with Gasteiger partial charge in [0, 0.05) is 61.5 Å². The molecule has 4 rings (SSSR count). The number of hydrogen-bond acceptors (Lipinski definition) is 4. The van der Waals surface area contributed by atoms with E-state index in [9.17, 15) is 9.18 Å². The van der Waals surface area contributed by atoms with Crippen molar-refractivity contribution in [3.05, 3.63) is 64.1 Å². The van der Waals surface area contributed by atoms with E-state index in [0.29, 0.717) is 11.9 Å². The van der Waals surface area contributed by atoms with Gasteiger partial charge in [-0.2, -0.15) is 0 Å². The van der Waals surface area contributed by atoms with Gasteiger partial charge in [0.15, 0.2) is 0 Å². The molecule has 166 valence electrons. The minimum atomic E-state index is -0.229. The van der Waals surface area contributed by atoms with Crippen LogP contribution in [-0.4, -0.2) is 64.9 Å². The SMILES string of the molecule is CC(c1ccncc1)N1CCC(C(=O)N2CCN(Cc3ccc(F)cc3Br)CC2)CC1. The zero-order chi connectivity index (χ0) is 21.8. The number of halogens is 2. The first kappa shape index (κ1) is 22.4. The Morgan fingerprint density at radius 3 is 2.42 bits per heavy atom. The number of piperazine rings is 1. The van der Waals surface area contributed by atoms with Crippen LogP contribution in [0.2, 0.25) is 0 Å². The first-order valence-corrected chi connectivity index (χ1v) is 11.9. The van der Waals surface area contributed by atoms with Crippen LogP contribution in [0.25, 0.3) is 0 Å². The monoisotopic (exact) mass is 488 g/mol. The van der Waals surface area contributed by atoms with E-state index in [1.807, 2.05) is 23.4 Å². The Bertz CT molecular complexity index is 880. The maximum absolute atomic E-state index is 13.3. The van der Waals surface area contributed by atoms with Crippen LogP contribution in [0.5, 0.6) is 0 Å². The predicted octanol–water partition coefficient (Wildman–Crippen LogP) is 4.10. The molecule has 31 heavy (non-hydrogen) atoms. The summed E-state index contributed by atoms with van der Waals surface area (Å²) in [5.41, 5.74) is 2.36. The van der Waals surface area contributed by atoms with E-state index in [1.54, 1.807) is 0 Å². The van der Waals surface area contributed by atoms with Crippen molar-refractivity contribution in [1.29, 1.82) is 0 Å². The van der Waals surface area contributed by atoms with E-state index in [4.69, 9.17) is 0 Å². The number of aromatic nitrogens is 1. The fourth-order valence-electron chi connectivity index (χ4n) is 4.66. The van der Waals surface area contributed by atoms with Crippen LogP contribution >= 0.6 is 15.9 Å². The number of amides is 1. The van der Waals surface area contributed by atoms with Gasteiger partial charge in [0.1, 0.15) is 5.82 Å². The van der Waals surface area contributed by atoms with Gasteiger partial charge in [0.2, 0.25) is 5.91 Å². The third-order valence-electron chi connectivity index (χ3n) is 6.71. The third-order valence-corrected chi connectivity index (χ3v) is 7.45. The lowest BCUT2D eigenvalue weighted by molar-refractivity contribution is -0.139. The van der Waals surface area contributed by atoms with Crippen molar-refractivity contribution in [2.24, 2.45) is 5.92 Å². The smallest absolute Gasteiger partial charge is 0.225 e. The molecule has 7 heteroatoms. The van der Waals surface area contributed by atoms with Crippen LogP contribution in [-0.2, 0) is 11.3 Å². The highest BCUT2D eigenvalue weighted by Gasteiger charge is 2.31. The molecule has 0 N–H and O–H groups in total. The number of likely N-dealkylation sites (tertiary alicyclic amines) is 1. The molecular weight excluding hydrogens is 459 g/mol. The zero-order valence-corrected chi connectivity index (χ0v) is 19.6. The Hall–Kier alpha value is -1.83. The number of nitrogens with zero attached hydrogens (tertiary/aromatic N) is 4. The van der Waals surface area contributed by atoms with Gasteiger partial charge in [-0.3, -0.25) is 19.6 Å². The summed E-state index contributed by atoms with van der Waals surface area (Å²) < 4.78 is 14.1. The number of carbonyl (C=O) groups is 1. The molecule has 2 aromatic rings. The fourth-order valence-corrected chi connectivity index (χ4v) is 5.14. The van der Waals surface area contributed by atoms with E-state index in [-0.39, 0.29) is 11.7 Å². The Morgan fingerprint density at radius 1 is 1.10 bits per heavy atom. The second-order valence-electron chi connectivity index (χ2n) is 8.60. The van der Waals surface area contributed by atoms with E-state index >= 15 is 0 Å². The molecule has 1 amide bonds. The third kappa shape index (κ3) is 5.51. The van der Waals surface area contributed by atoms with E-state index < -0.39 is 0 Å². The number of hydrogen-bond donors (Lipinski definition) is 0. The van der Waals surface area contributed by atoms with Gasteiger partial charge < -0.3 is 4.90 Å². The van der Waals surface area contributed by atoms with Gasteiger partial charge in [-0.1, -0.05) is 22.0 Å². The number of rotatable bonds is 5. The minimum Gasteiger partial charge on any atom is -0.340 e. The van der Waals surface area contributed by atoms with Crippen LogP contribution in [0.1, 0.15) is 36.9 Å². The molecule has 1 atom stereocenters. The van der Waals surface area contributed by atoms with Crippen LogP contribution in [0, 0.1) is 11.7 Å². The predicted molar refractivity (Wildman–Crippen MR) is 123 cm³/mol. The maximum atomic E-state index is 13.3. The number of benzene rings is 1. The minimum absolute atomic E-state index is 0.138. The van der Waals surface area contributed by atoms with Crippen LogP contribution < -0.4 is 0 Å². The quantitative estimate of drug-likeness (QED) is 0.634. The highest BCUT2D eigenvalue weighted by molar-refractivity contribution is 9.10. The summed E-state index contributed by atoms with van der Waals surface area (Å²) >= 11 is 3.45. The highest BCUT2D eigenvalue weighted by atomic mass is 79.9. The Labute approximate surface area is 192 Å². The standard InChI is InChI=1S/C24H30BrFN4O/c1-18(19-4-8-27-9-5-19)29-10-6-20(7-11-29)24(31)30-14-12-28(13-15-30)17-21-2-3-22(26)16-23(21)25/h2-5,8-9,16,18,20H,6-7,10-15,17H2,1H3. The van der Waals surface area contributed by atoms with Crippen LogP contribution in [0.15, 0.2) is 47.2 Å². The molecule has 0 radical (unpaired) electrons. The van der Waals surface area contributed by atoms with Crippen molar-refractivity contribution >= 4 is 21.8 Å². The number of carbonyl (C=O) groups excluding carboxylic acids is 1. The molecule has 0 bridgehead atoms. The Balaban J connectivity index is 1.24. The Morgan fingerprint density at radius 2 is 1.77 bits per heavy atom. The van der Waals surface area contributed by atoms with E-state index in [2.05, 4.69) is 49.8 Å². The summed E-state index contributed by atoms with van der Waals surface area (Å²) in [5.74, 6) is 0.227. The molecule has 5 nitrogen and oxygen atoms in total. The first-order chi connectivity index (χ1) is 15.0. The van der Waals surface area contributed by atoms with E-state index in [0.717, 1.165) is 68.7 Å². The second kappa shape index (κ2) is 10.2. The van der Waals surface area contributed by atoms with Crippen molar-refractivity contribution < 1.29 is 9.18 Å². The highest BCUT2D eigenvalue weighted by Crippen LogP contribution is 2.28. The van der Waals surface area contributed by atoms with Crippen molar-refractivity contribution in [2.45, 2.75) is 32.4 Å². The molecule has 1 aromatic carbocycles. The summed E-state index contributed by atoms with van der Waals surface area (Å²) in [6.07, 6.45) is 5.54. The van der Waals surface area contributed by atoms with Crippen molar-refractivity contribution in [2.75, 3.05) is 39.3 Å². The zero-order valence-electron chi connectivity index (χ0n) is 18.0.